The number of carbonyl (C=O) groups is 2. The summed E-state index contributed by atoms with van der Waals surface area (Å²) in [5.74, 6) is -1.46. The first-order valence-electron chi connectivity index (χ1n) is 4.88. The highest BCUT2D eigenvalue weighted by Gasteiger charge is 2.11. The minimum Gasteiger partial charge on any atom is -0.481 e. The van der Waals surface area contributed by atoms with E-state index < -0.39 is 12.4 Å². The first-order valence-corrected chi connectivity index (χ1v) is 4.88. The number of ketones is 1. The van der Waals surface area contributed by atoms with E-state index in [1.807, 2.05) is 29.9 Å². The lowest BCUT2D eigenvalue weighted by Crippen LogP contribution is -2.06. The van der Waals surface area contributed by atoms with Crippen LogP contribution in [0.25, 0.3) is 10.9 Å². The van der Waals surface area contributed by atoms with Gasteiger partial charge in [0.15, 0.2) is 5.78 Å². The van der Waals surface area contributed by atoms with Gasteiger partial charge in [-0.1, -0.05) is 0 Å². The van der Waals surface area contributed by atoms with E-state index in [0.717, 1.165) is 10.9 Å². The highest BCUT2D eigenvalue weighted by Crippen LogP contribution is 2.17. The topological polar surface area (TPSA) is 59.3 Å². The molecule has 0 aliphatic carbocycles. The first kappa shape index (κ1) is 10.4. The van der Waals surface area contributed by atoms with Crippen molar-refractivity contribution in [2.75, 3.05) is 0 Å². The zero-order chi connectivity index (χ0) is 11.7. The summed E-state index contributed by atoms with van der Waals surface area (Å²) in [4.78, 5) is 21.9. The average Bonchev–Trinajstić information content (AvgIpc) is 2.59. The highest BCUT2D eigenvalue weighted by atomic mass is 16.4. The van der Waals surface area contributed by atoms with Crippen LogP contribution in [0.15, 0.2) is 30.5 Å². The van der Waals surface area contributed by atoms with Crippen LogP contribution in [0.4, 0.5) is 0 Å². The lowest BCUT2D eigenvalue weighted by atomic mass is 10.1. The summed E-state index contributed by atoms with van der Waals surface area (Å²) in [7, 11) is 1.92. The van der Waals surface area contributed by atoms with Gasteiger partial charge in [-0.2, -0.15) is 0 Å². The molecule has 0 radical (unpaired) electrons. The smallest absolute Gasteiger partial charge is 0.311 e. The molecule has 0 fully saturated rings. The van der Waals surface area contributed by atoms with Gasteiger partial charge in [-0.15, -0.1) is 0 Å². The van der Waals surface area contributed by atoms with Gasteiger partial charge in [-0.25, -0.2) is 0 Å². The fourth-order valence-electron chi connectivity index (χ4n) is 1.69. The Morgan fingerprint density at radius 3 is 2.75 bits per heavy atom. The fraction of sp³-hybridized carbons (Fsp3) is 0.167. The van der Waals surface area contributed by atoms with E-state index in [2.05, 4.69) is 0 Å². The van der Waals surface area contributed by atoms with Gasteiger partial charge in [0.05, 0.1) is 0 Å². The molecule has 0 bridgehead atoms. The van der Waals surface area contributed by atoms with Crippen molar-refractivity contribution in [3.05, 3.63) is 36.0 Å². The maximum atomic E-state index is 11.5. The summed E-state index contributed by atoms with van der Waals surface area (Å²) in [6, 6.07) is 7.10. The monoisotopic (exact) mass is 217 g/mol. The van der Waals surface area contributed by atoms with Crippen molar-refractivity contribution in [2.45, 2.75) is 6.42 Å². The molecule has 4 nitrogen and oxygen atoms in total. The number of hydrogen-bond donors (Lipinski definition) is 1. The highest BCUT2D eigenvalue weighted by molar-refractivity contribution is 6.07. The van der Waals surface area contributed by atoms with E-state index in [9.17, 15) is 9.59 Å². The normalized spacial score (nSPS) is 10.6. The van der Waals surface area contributed by atoms with Crippen molar-refractivity contribution in [3.8, 4) is 0 Å². The van der Waals surface area contributed by atoms with Crippen LogP contribution in [-0.2, 0) is 11.8 Å². The number of aryl methyl sites for hydroxylation is 1. The van der Waals surface area contributed by atoms with Gasteiger partial charge in [-0.05, 0) is 24.3 Å². The number of hydrogen-bond acceptors (Lipinski definition) is 2. The van der Waals surface area contributed by atoms with Crippen LogP contribution in [0.5, 0.6) is 0 Å². The molecular formula is C12H11NO3. The number of nitrogens with zero attached hydrogens (tertiary/aromatic N) is 1. The third-order valence-corrected chi connectivity index (χ3v) is 2.52. The molecule has 1 aromatic heterocycles. The number of aromatic nitrogens is 1. The third-order valence-electron chi connectivity index (χ3n) is 2.52. The molecule has 0 aliphatic heterocycles. The SMILES string of the molecule is Cn1ccc2cc(C(=O)CC(=O)O)ccc21. The number of fused-ring (bicyclic) bond motifs is 1. The van der Waals surface area contributed by atoms with Gasteiger partial charge in [0.25, 0.3) is 0 Å². The predicted octanol–water partition coefficient (Wildman–Crippen LogP) is 1.84. The van der Waals surface area contributed by atoms with E-state index in [4.69, 9.17) is 5.11 Å². The van der Waals surface area contributed by atoms with Crippen LogP contribution in [0.1, 0.15) is 16.8 Å². The van der Waals surface area contributed by atoms with Crippen molar-refractivity contribution < 1.29 is 14.7 Å². The summed E-state index contributed by atoms with van der Waals surface area (Å²) in [6.45, 7) is 0. The summed E-state index contributed by atoms with van der Waals surface area (Å²) < 4.78 is 1.95. The third kappa shape index (κ3) is 1.82. The standard InChI is InChI=1S/C12H11NO3/c1-13-5-4-8-6-9(2-3-10(8)13)11(14)7-12(15)16/h2-6H,7H2,1H3,(H,15,16). The van der Waals surface area contributed by atoms with Crippen molar-refractivity contribution in [3.63, 3.8) is 0 Å². The maximum absolute atomic E-state index is 11.5. The second-order valence-corrected chi connectivity index (χ2v) is 3.69. The first-order chi connectivity index (χ1) is 7.58. The lowest BCUT2D eigenvalue weighted by Gasteiger charge is -2.00. The molecule has 0 saturated heterocycles. The molecule has 0 saturated carbocycles. The Kier molecular flexibility index (Phi) is 2.48. The van der Waals surface area contributed by atoms with Crippen LogP contribution in [0.2, 0.25) is 0 Å². The van der Waals surface area contributed by atoms with E-state index in [-0.39, 0.29) is 5.78 Å². The summed E-state index contributed by atoms with van der Waals surface area (Å²) in [5, 5.41) is 9.48. The zero-order valence-corrected chi connectivity index (χ0v) is 8.80. The molecule has 2 aromatic rings. The Morgan fingerprint density at radius 2 is 2.06 bits per heavy atom. The Bertz CT molecular complexity index is 569. The second-order valence-electron chi connectivity index (χ2n) is 3.69. The van der Waals surface area contributed by atoms with E-state index >= 15 is 0 Å². The molecule has 4 heteroatoms. The fourth-order valence-corrected chi connectivity index (χ4v) is 1.69. The Labute approximate surface area is 92.1 Å². The molecule has 1 aromatic carbocycles. The Balaban J connectivity index is 2.39. The molecule has 0 atom stereocenters. The summed E-state index contributed by atoms with van der Waals surface area (Å²) >= 11 is 0. The van der Waals surface area contributed by atoms with E-state index in [0.29, 0.717) is 5.56 Å². The van der Waals surface area contributed by atoms with Crippen LogP contribution < -0.4 is 0 Å². The molecule has 16 heavy (non-hydrogen) atoms. The number of aliphatic carboxylic acids is 1. The van der Waals surface area contributed by atoms with Crippen LogP contribution in [-0.4, -0.2) is 21.4 Å². The number of rotatable bonds is 3. The minimum absolute atomic E-state index is 0.363. The van der Waals surface area contributed by atoms with E-state index in [1.165, 1.54) is 0 Å². The molecule has 1 N–H and O–H groups in total. The van der Waals surface area contributed by atoms with Crippen molar-refractivity contribution in [1.82, 2.24) is 4.57 Å². The number of carboxylic acids is 1. The van der Waals surface area contributed by atoms with Crippen molar-refractivity contribution in [1.29, 1.82) is 0 Å². The van der Waals surface area contributed by atoms with Crippen LogP contribution in [0, 0.1) is 0 Å². The predicted molar refractivity (Wildman–Crippen MR) is 59.5 cm³/mol. The van der Waals surface area contributed by atoms with Gasteiger partial charge in [0.2, 0.25) is 0 Å². The van der Waals surface area contributed by atoms with Gasteiger partial charge < -0.3 is 9.67 Å². The zero-order valence-electron chi connectivity index (χ0n) is 8.80. The molecule has 0 unspecified atom stereocenters. The largest absolute Gasteiger partial charge is 0.481 e. The molecule has 2 rings (SSSR count). The van der Waals surface area contributed by atoms with Crippen LogP contribution in [0.3, 0.4) is 0 Å². The number of benzene rings is 1. The molecule has 1 heterocycles. The number of carbonyl (C=O) groups excluding carboxylic acids is 1. The Hall–Kier alpha value is -2.10. The molecule has 0 spiro atoms. The van der Waals surface area contributed by atoms with Crippen LogP contribution >= 0.6 is 0 Å². The van der Waals surface area contributed by atoms with E-state index in [1.54, 1.807) is 12.1 Å². The van der Waals surface area contributed by atoms with Gasteiger partial charge in [-0.3, -0.25) is 9.59 Å². The lowest BCUT2D eigenvalue weighted by molar-refractivity contribution is -0.135. The molecular weight excluding hydrogens is 206 g/mol. The van der Waals surface area contributed by atoms with Crippen molar-refractivity contribution in [2.24, 2.45) is 7.05 Å². The molecule has 0 aliphatic rings. The maximum Gasteiger partial charge on any atom is 0.311 e. The Morgan fingerprint density at radius 1 is 1.31 bits per heavy atom. The van der Waals surface area contributed by atoms with Crippen molar-refractivity contribution >= 4 is 22.7 Å². The average molecular weight is 217 g/mol. The summed E-state index contributed by atoms with van der Waals surface area (Å²) in [5.41, 5.74) is 1.47. The second kappa shape index (κ2) is 3.81. The quantitative estimate of drug-likeness (QED) is 0.630. The molecule has 0 amide bonds. The number of carboxylic acid groups (broad SMARTS) is 1. The molecule has 82 valence electrons. The van der Waals surface area contributed by atoms with Gasteiger partial charge >= 0.3 is 5.97 Å². The summed E-state index contributed by atoms with van der Waals surface area (Å²) in [6.07, 6.45) is 1.44. The van der Waals surface area contributed by atoms with Gasteiger partial charge in [0.1, 0.15) is 6.42 Å². The van der Waals surface area contributed by atoms with Gasteiger partial charge in [0, 0.05) is 29.7 Å². The number of Topliss-reactive ketones (excluding diaryl/α,β-unsaturated/α-hetero) is 1. The minimum atomic E-state index is -1.10.